The number of aromatic carboxylic acids is 1. The van der Waals surface area contributed by atoms with Crippen LogP contribution in [0.2, 0.25) is 0 Å². The fourth-order valence-electron chi connectivity index (χ4n) is 1.41. The predicted molar refractivity (Wildman–Crippen MR) is 67.9 cm³/mol. The summed E-state index contributed by atoms with van der Waals surface area (Å²) in [6, 6.07) is 3.14. The third-order valence-electron chi connectivity index (χ3n) is 2.35. The van der Waals surface area contributed by atoms with E-state index in [-0.39, 0.29) is 30.7 Å². The van der Waals surface area contributed by atoms with Gasteiger partial charge in [0.1, 0.15) is 5.82 Å². The van der Waals surface area contributed by atoms with Crippen molar-refractivity contribution in [3.63, 3.8) is 0 Å². The second-order valence-corrected chi connectivity index (χ2v) is 3.85. The van der Waals surface area contributed by atoms with E-state index in [2.05, 4.69) is 10.1 Å². The maximum atomic E-state index is 13.5. The average Bonchev–Trinajstić information content (AvgIpc) is 2.39. The predicted octanol–water partition coefficient (Wildman–Crippen LogP) is 1.81. The Kier molecular flexibility index (Phi) is 5.64. The highest BCUT2D eigenvalue weighted by atomic mass is 19.1. The molecule has 0 bridgehead atoms. The van der Waals surface area contributed by atoms with E-state index >= 15 is 0 Å². The zero-order valence-electron chi connectivity index (χ0n) is 10.8. The van der Waals surface area contributed by atoms with Gasteiger partial charge >= 0.3 is 11.9 Å². The Morgan fingerprint density at radius 1 is 1.30 bits per heavy atom. The number of esters is 1. The van der Waals surface area contributed by atoms with E-state index in [9.17, 15) is 18.8 Å². The van der Waals surface area contributed by atoms with Crippen molar-refractivity contribution in [1.29, 1.82) is 0 Å². The van der Waals surface area contributed by atoms with E-state index in [1.165, 1.54) is 6.07 Å². The molecule has 0 radical (unpaired) electrons. The lowest BCUT2D eigenvalue weighted by molar-refractivity contribution is -0.144. The summed E-state index contributed by atoms with van der Waals surface area (Å²) < 4.78 is 18.2. The molecule has 6 nitrogen and oxygen atoms in total. The van der Waals surface area contributed by atoms with Gasteiger partial charge < -0.3 is 15.2 Å². The van der Waals surface area contributed by atoms with E-state index in [0.29, 0.717) is 0 Å². The lowest BCUT2D eigenvalue weighted by Gasteiger charge is -2.07. The molecule has 0 aromatic heterocycles. The largest absolute Gasteiger partial charge is 0.478 e. The number of anilines is 1. The second-order valence-electron chi connectivity index (χ2n) is 3.85. The Labute approximate surface area is 114 Å². The van der Waals surface area contributed by atoms with Gasteiger partial charge in [-0.15, -0.1) is 0 Å². The molecule has 0 heterocycles. The molecule has 20 heavy (non-hydrogen) atoms. The Bertz CT molecular complexity index is 529. The van der Waals surface area contributed by atoms with Gasteiger partial charge in [0.2, 0.25) is 5.91 Å². The average molecular weight is 283 g/mol. The van der Waals surface area contributed by atoms with Crippen molar-refractivity contribution in [3.8, 4) is 0 Å². The molecule has 0 atom stereocenters. The van der Waals surface area contributed by atoms with Crippen LogP contribution in [-0.4, -0.2) is 29.6 Å². The van der Waals surface area contributed by atoms with Crippen LogP contribution in [0.25, 0.3) is 0 Å². The highest BCUT2D eigenvalue weighted by molar-refractivity contribution is 5.94. The fourth-order valence-corrected chi connectivity index (χ4v) is 1.41. The quantitative estimate of drug-likeness (QED) is 0.777. The Morgan fingerprint density at radius 2 is 2.00 bits per heavy atom. The molecule has 0 saturated heterocycles. The Morgan fingerprint density at radius 3 is 2.55 bits per heavy atom. The number of halogens is 1. The Balaban J connectivity index is 2.58. The summed E-state index contributed by atoms with van der Waals surface area (Å²) >= 11 is 0. The van der Waals surface area contributed by atoms with Gasteiger partial charge in [-0.05, 0) is 25.1 Å². The van der Waals surface area contributed by atoms with Gasteiger partial charge in [-0.3, -0.25) is 9.59 Å². The Hall–Kier alpha value is -2.44. The minimum Gasteiger partial charge on any atom is -0.478 e. The second kappa shape index (κ2) is 7.22. The smallest absolute Gasteiger partial charge is 0.335 e. The van der Waals surface area contributed by atoms with Crippen LogP contribution in [0.15, 0.2) is 18.2 Å². The summed E-state index contributed by atoms with van der Waals surface area (Å²) in [5.41, 5.74) is -0.351. The molecule has 1 aromatic rings. The molecule has 2 N–H and O–H groups in total. The summed E-state index contributed by atoms with van der Waals surface area (Å²) in [6.07, 6.45) is -0.243. The van der Waals surface area contributed by atoms with E-state index in [1.807, 2.05) is 0 Å². The van der Waals surface area contributed by atoms with Crippen LogP contribution in [0.4, 0.5) is 10.1 Å². The molecule has 0 aliphatic rings. The summed E-state index contributed by atoms with van der Waals surface area (Å²) in [4.78, 5) is 33.2. The van der Waals surface area contributed by atoms with E-state index < -0.39 is 23.7 Å². The van der Waals surface area contributed by atoms with Crippen LogP contribution < -0.4 is 5.32 Å². The molecule has 0 spiro atoms. The standard InChI is InChI=1S/C13H14FNO5/c1-2-20-12(17)6-5-11(16)15-10-4-3-8(13(18)19)7-9(10)14/h3-4,7H,2,5-6H2,1H3,(H,15,16)(H,18,19). The lowest BCUT2D eigenvalue weighted by Crippen LogP contribution is -2.15. The summed E-state index contributed by atoms with van der Waals surface area (Å²) in [6.45, 7) is 1.88. The van der Waals surface area contributed by atoms with E-state index in [0.717, 1.165) is 12.1 Å². The van der Waals surface area contributed by atoms with Crippen molar-refractivity contribution in [2.75, 3.05) is 11.9 Å². The SMILES string of the molecule is CCOC(=O)CCC(=O)Nc1ccc(C(=O)O)cc1F. The highest BCUT2D eigenvalue weighted by Crippen LogP contribution is 2.16. The summed E-state index contributed by atoms with van der Waals surface area (Å²) in [7, 11) is 0. The van der Waals surface area contributed by atoms with Crippen LogP contribution in [-0.2, 0) is 14.3 Å². The topological polar surface area (TPSA) is 92.7 Å². The highest BCUT2D eigenvalue weighted by Gasteiger charge is 2.12. The van der Waals surface area contributed by atoms with Gasteiger partial charge in [0.15, 0.2) is 0 Å². The van der Waals surface area contributed by atoms with Gasteiger partial charge in [0.25, 0.3) is 0 Å². The van der Waals surface area contributed by atoms with E-state index in [4.69, 9.17) is 5.11 Å². The third kappa shape index (κ3) is 4.68. The number of carbonyl (C=O) groups is 3. The van der Waals surface area contributed by atoms with Gasteiger partial charge in [0.05, 0.1) is 24.3 Å². The minimum atomic E-state index is -1.26. The van der Waals surface area contributed by atoms with Crippen molar-refractivity contribution >= 4 is 23.5 Å². The first-order valence-electron chi connectivity index (χ1n) is 5.92. The molecular weight excluding hydrogens is 269 g/mol. The number of benzene rings is 1. The summed E-state index contributed by atoms with van der Waals surface area (Å²) in [5, 5.41) is 10.9. The number of amides is 1. The third-order valence-corrected chi connectivity index (χ3v) is 2.35. The number of ether oxygens (including phenoxy) is 1. The van der Waals surface area contributed by atoms with Gasteiger partial charge in [-0.25, -0.2) is 9.18 Å². The molecule has 1 aromatic carbocycles. The van der Waals surface area contributed by atoms with Crippen molar-refractivity contribution in [2.24, 2.45) is 0 Å². The van der Waals surface area contributed by atoms with Crippen molar-refractivity contribution in [1.82, 2.24) is 0 Å². The number of nitrogens with one attached hydrogen (secondary N) is 1. The van der Waals surface area contributed by atoms with Crippen LogP contribution in [0, 0.1) is 5.82 Å². The monoisotopic (exact) mass is 283 g/mol. The van der Waals surface area contributed by atoms with Crippen molar-refractivity contribution in [2.45, 2.75) is 19.8 Å². The van der Waals surface area contributed by atoms with Gasteiger partial charge in [0, 0.05) is 6.42 Å². The first-order chi connectivity index (χ1) is 9.43. The zero-order chi connectivity index (χ0) is 15.1. The first kappa shape index (κ1) is 15.6. The van der Waals surface area contributed by atoms with Gasteiger partial charge in [-0.1, -0.05) is 0 Å². The minimum absolute atomic E-state index is 0.103. The molecular formula is C13H14FNO5. The maximum absolute atomic E-state index is 13.5. The number of carboxylic acids is 1. The van der Waals surface area contributed by atoms with Crippen LogP contribution in [0.1, 0.15) is 30.1 Å². The molecule has 108 valence electrons. The number of carboxylic acid groups (broad SMARTS) is 1. The number of carbonyl (C=O) groups excluding carboxylic acids is 2. The van der Waals surface area contributed by atoms with Gasteiger partial charge in [-0.2, -0.15) is 0 Å². The normalized spacial score (nSPS) is 9.90. The molecule has 7 heteroatoms. The number of hydrogen-bond donors (Lipinski definition) is 2. The molecule has 0 unspecified atom stereocenters. The van der Waals surface area contributed by atoms with Crippen molar-refractivity contribution in [3.05, 3.63) is 29.6 Å². The van der Waals surface area contributed by atoms with Crippen LogP contribution in [0.3, 0.4) is 0 Å². The number of rotatable bonds is 6. The molecule has 0 aliphatic heterocycles. The fraction of sp³-hybridized carbons (Fsp3) is 0.308. The number of hydrogen-bond acceptors (Lipinski definition) is 4. The van der Waals surface area contributed by atoms with Crippen LogP contribution in [0.5, 0.6) is 0 Å². The molecule has 0 aliphatic carbocycles. The molecule has 0 saturated carbocycles. The zero-order valence-corrected chi connectivity index (χ0v) is 10.8. The lowest BCUT2D eigenvalue weighted by atomic mass is 10.2. The summed E-state index contributed by atoms with van der Waals surface area (Å²) in [5.74, 6) is -3.18. The maximum Gasteiger partial charge on any atom is 0.335 e. The first-order valence-corrected chi connectivity index (χ1v) is 5.92. The van der Waals surface area contributed by atoms with E-state index in [1.54, 1.807) is 6.92 Å². The van der Waals surface area contributed by atoms with Crippen LogP contribution >= 0.6 is 0 Å². The molecule has 1 amide bonds. The molecule has 1 rings (SSSR count). The van der Waals surface area contributed by atoms with Crippen molar-refractivity contribution < 1.29 is 28.6 Å². The molecule has 0 fully saturated rings.